The highest BCUT2D eigenvalue weighted by molar-refractivity contribution is 5.97. The summed E-state index contributed by atoms with van der Waals surface area (Å²) in [4.78, 5) is 47.6. The van der Waals surface area contributed by atoms with E-state index in [0.717, 1.165) is 0 Å². The Morgan fingerprint density at radius 1 is 1.27 bits per heavy atom. The Kier molecular flexibility index (Phi) is 6.81. The Balaban J connectivity index is 2.26. The third-order valence-corrected chi connectivity index (χ3v) is 2.75. The summed E-state index contributed by atoms with van der Waals surface area (Å²) < 4.78 is 9.25. The van der Waals surface area contributed by atoms with Crippen molar-refractivity contribution in [1.82, 2.24) is 10.3 Å². The lowest BCUT2D eigenvalue weighted by Crippen LogP contribution is -2.30. The number of aromatic nitrogens is 1. The molecule has 0 aliphatic rings. The predicted molar refractivity (Wildman–Crippen MR) is 75.3 cm³/mol. The van der Waals surface area contributed by atoms with Crippen LogP contribution in [0.15, 0.2) is 12.3 Å². The molecule has 0 saturated heterocycles. The number of hydrogen-bond acceptors (Lipinski definition) is 6. The standard InChI is InChI=1S/C14H18N2O6/c1-9(17)10-6-11(16-7-10)14(20)22-8-12(18)15-5-3-4-13(19)21-2/h6-7,16H,3-5,8H2,1-2H3,(H,15,18). The summed E-state index contributed by atoms with van der Waals surface area (Å²) in [5.41, 5.74) is 0.461. The highest BCUT2D eigenvalue weighted by Gasteiger charge is 2.13. The molecule has 120 valence electrons. The van der Waals surface area contributed by atoms with E-state index in [2.05, 4.69) is 15.0 Å². The number of carbonyl (C=O) groups is 4. The zero-order chi connectivity index (χ0) is 16.5. The van der Waals surface area contributed by atoms with Gasteiger partial charge in [0, 0.05) is 24.7 Å². The first-order valence-corrected chi connectivity index (χ1v) is 6.64. The molecule has 22 heavy (non-hydrogen) atoms. The number of Topliss-reactive ketones (excluding diaryl/α,β-unsaturated/α-hetero) is 1. The number of aromatic amines is 1. The van der Waals surface area contributed by atoms with Crippen LogP contribution in [-0.4, -0.2) is 48.9 Å². The Bertz CT molecular complexity index is 563. The maximum Gasteiger partial charge on any atom is 0.355 e. The number of ether oxygens (including phenoxy) is 2. The van der Waals surface area contributed by atoms with Gasteiger partial charge in [-0.2, -0.15) is 0 Å². The van der Waals surface area contributed by atoms with Gasteiger partial charge in [0.1, 0.15) is 5.69 Å². The van der Waals surface area contributed by atoms with E-state index in [1.807, 2.05) is 0 Å². The minimum atomic E-state index is -0.725. The molecule has 2 N–H and O–H groups in total. The van der Waals surface area contributed by atoms with Crippen LogP contribution in [0.25, 0.3) is 0 Å². The molecule has 8 nitrogen and oxygen atoms in total. The molecular formula is C14H18N2O6. The molecule has 0 fully saturated rings. The number of amides is 1. The van der Waals surface area contributed by atoms with Gasteiger partial charge in [0.25, 0.3) is 5.91 Å². The van der Waals surface area contributed by atoms with Gasteiger partial charge in [-0.15, -0.1) is 0 Å². The molecule has 0 saturated carbocycles. The Hall–Kier alpha value is -2.64. The maximum absolute atomic E-state index is 11.6. The van der Waals surface area contributed by atoms with Crippen LogP contribution >= 0.6 is 0 Å². The van der Waals surface area contributed by atoms with E-state index in [0.29, 0.717) is 12.0 Å². The number of ketones is 1. The van der Waals surface area contributed by atoms with Crippen molar-refractivity contribution in [2.75, 3.05) is 20.3 Å². The van der Waals surface area contributed by atoms with Gasteiger partial charge in [-0.05, 0) is 19.4 Å². The number of esters is 2. The maximum atomic E-state index is 11.6. The molecule has 1 amide bonds. The quantitative estimate of drug-likeness (QED) is 0.409. The first kappa shape index (κ1) is 17.4. The van der Waals surface area contributed by atoms with Crippen molar-refractivity contribution in [3.05, 3.63) is 23.5 Å². The van der Waals surface area contributed by atoms with Crippen LogP contribution in [0, 0.1) is 0 Å². The van der Waals surface area contributed by atoms with Gasteiger partial charge < -0.3 is 19.8 Å². The lowest BCUT2D eigenvalue weighted by molar-refractivity contribution is -0.140. The molecule has 0 aliphatic heterocycles. The lowest BCUT2D eigenvalue weighted by atomic mass is 10.2. The molecule has 1 heterocycles. The van der Waals surface area contributed by atoms with Gasteiger partial charge in [0.15, 0.2) is 12.4 Å². The summed E-state index contributed by atoms with van der Waals surface area (Å²) in [7, 11) is 1.29. The SMILES string of the molecule is COC(=O)CCCNC(=O)COC(=O)c1cc(C(C)=O)c[nH]1. The Morgan fingerprint density at radius 2 is 2.00 bits per heavy atom. The highest BCUT2D eigenvalue weighted by Crippen LogP contribution is 2.05. The first-order chi connectivity index (χ1) is 10.4. The summed E-state index contributed by atoms with van der Waals surface area (Å²) >= 11 is 0. The zero-order valence-electron chi connectivity index (χ0n) is 12.4. The number of carbonyl (C=O) groups excluding carboxylic acids is 4. The fourth-order valence-electron chi connectivity index (χ4n) is 1.54. The second-order valence-electron chi connectivity index (χ2n) is 4.46. The third kappa shape index (κ3) is 5.78. The molecule has 0 aromatic carbocycles. The van der Waals surface area contributed by atoms with Crippen molar-refractivity contribution in [3.63, 3.8) is 0 Å². The molecule has 1 aromatic rings. The van der Waals surface area contributed by atoms with E-state index in [4.69, 9.17) is 4.74 Å². The molecule has 0 radical (unpaired) electrons. The van der Waals surface area contributed by atoms with Crippen molar-refractivity contribution < 1.29 is 28.7 Å². The van der Waals surface area contributed by atoms with Crippen LogP contribution in [0.3, 0.4) is 0 Å². The largest absolute Gasteiger partial charge is 0.469 e. The topological polar surface area (TPSA) is 115 Å². The van der Waals surface area contributed by atoms with Gasteiger partial charge in [-0.3, -0.25) is 14.4 Å². The van der Waals surface area contributed by atoms with E-state index in [9.17, 15) is 19.2 Å². The minimum Gasteiger partial charge on any atom is -0.469 e. The van der Waals surface area contributed by atoms with Gasteiger partial charge in [-0.1, -0.05) is 0 Å². The summed E-state index contributed by atoms with van der Waals surface area (Å²) in [6.45, 7) is 1.22. The van der Waals surface area contributed by atoms with Crippen molar-refractivity contribution in [3.8, 4) is 0 Å². The fourth-order valence-corrected chi connectivity index (χ4v) is 1.54. The average Bonchev–Trinajstić information content (AvgIpc) is 2.99. The molecule has 0 atom stereocenters. The van der Waals surface area contributed by atoms with Crippen LogP contribution in [0.4, 0.5) is 0 Å². The van der Waals surface area contributed by atoms with Crippen LogP contribution in [-0.2, 0) is 19.1 Å². The van der Waals surface area contributed by atoms with Crippen molar-refractivity contribution in [1.29, 1.82) is 0 Å². The smallest absolute Gasteiger partial charge is 0.355 e. The number of nitrogens with one attached hydrogen (secondary N) is 2. The number of methoxy groups -OCH3 is 1. The zero-order valence-corrected chi connectivity index (χ0v) is 12.4. The molecule has 0 spiro atoms. The third-order valence-electron chi connectivity index (χ3n) is 2.75. The molecule has 0 bridgehead atoms. The van der Waals surface area contributed by atoms with Gasteiger partial charge in [0.2, 0.25) is 0 Å². The van der Waals surface area contributed by atoms with Gasteiger partial charge >= 0.3 is 11.9 Å². The normalized spacial score (nSPS) is 9.91. The van der Waals surface area contributed by atoms with Crippen molar-refractivity contribution >= 4 is 23.6 Å². The molecule has 0 unspecified atom stereocenters. The van der Waals surface area contributed by atoms with Gasteiger partial charge in [-0.25, -0.2) is 4.79 Å². The summed E-state index contributed by atoms with van der Waals surface area (Å²) in [5, 5.41) is 2.50. The van der Waals surface area contributed by atoms with Crippen LogP contribution in [0.2, 0.25) is 0 Å². The summed E-state index contributed by atoms with van der Waals surface area (Å²) in [6, 6.07) is 1.36. The molecule has 1 rings (SSSR count). The lowest BCUT2D eigenvalue weighted by Gasteiger charge is -2.05. The highest BCUT2D eigenvalue weighted by atomic mass is 16.5. The number of H-pyrrole nitrogens is 1. The molecule has 1 aromatic heterocycles. The minimum absolute atomic E-state index is 0.101. The molecular weight excluding hydrogens is 292 g/mol. The molecule has 0 aliphatic carbocycles. The summed E-state index contributed by atoms with van der Waals surface area (Å²) in [6.07, 6.45) is 2.03. The van der Waals surface area contributed by atoms with E-state index >= 15 is 0 Å². The van der Waals surface area contributed by atoms with Crippen LogP contribution < -0.4 is 5.32 Å². The monoisotopic (exact) mass is 310 g/mol. The van der Waals surface area contributed by atoms with Crippen LogP contribution in [0.1, 0.15) is 40.6 Å². The van der Waals surface area contributed by atoms with Gasteiger partial charge in [0.05, 0.1) is 7.11 Å². The van der Waals surface area contributed by atoms with E-state index in [1.54, 1.807) is 0 Å². The Morgan fingerprint density at radius 3 is 2.59 bits per heavy atom. The van der Waals surface area contributed by atoms with Crippen LogP contribution in [0.5, 0.6) is 0 Å². The van der Waals surface area contributed by atoms with E-state index < -0.39 is 18.5 Å². The van der Waals surface area contributed by atoms with E-state index in [1.165, 1.54) is 26.3 Å². The van der Waals surface area contributed by atoms with Crippen molar-refractivity contribution in [2.24, 2.45) is 0 Å². The molecule has 8 heteroatoms. The van der Waals surface area contributed by atoms with Crippen molar-refractivity contribution in [2.45, 2.75) is 19.8 Å². The van der Waals surface area contributed by atoms with E-state index in [-0.39, 0.29) is 30.4 Å². The first-order valence-electron chi connectivity index (χ1n) is 6.64. The Labute approximate surface area is 127 Å². The fraction of sp³-hybridized carbons (Fsp3) is 0.429. The second-order valence-corrected chi connectivity index (χ2v) is 4.46. The predicted octanol–water partition coefficient (Wildman–Crippen LogP) is 0.443. The number of hydrogen-bond donors (Lipinski definition) is 2. The average molecular weight is 310 g/mol. The number of rotatable bonds is 8. The second kappa shape index (κ2) is 8.60. The summed E-state index contributed by atoms with van der Waals surface area (Å²) in [5.74, 6) is -1.74.